The van der Waals surface area contributed by atoms with E-state index in [4.69, 9.17) is 10.7 Å². The van der Waals surface area contributed by atoms with E-state index < -0.39 is 5.91 Å². The van der Waals surface area contributed by atoms with E-state index in [9.17, 15) is 4.79 Å². The van der Waals surface area contributed by atoms with Crippen molar-refractivity contribution >= 4 is 17.4 Å². The van der Waals surface area contributed by atoms with E-state index >= 15 is 0 Å². The lowest BCUT2D eigenvalue weighted by Gasteiger charge is -2.36. The highest BCUT2D eigenvalue weighted by molar-refractivity contribution is 5.93. The molecule has 3 aromatic rings. The highest BCUT2D eigenvalue weighted by Crippen LogP contribution is 2.20. The fourth-order valence-electron chi connectivity index (χ4n) is 3.46. The lowest BCUT2D eigenvalue weighted by atomic mass is 10.1. The molecule has 28 heavy (non-hydrogen) atoms. The largest absolute Gasteiger partial charge is 0.368 e. The lowest BCUT2D eigenvalue weighted by Crippen LogP contribution is -2.46. The van der Waals surface area contributed by atoms with Crippen LogP contribution in [-0.4, -0.2) is 42.1 Å². The van der Waals surface area contributed by atoms with E-state index in [1.807, 2.05) is 42.6 Å². The molecule has 1 aliphatic heterocycles. The first kappa shape index (κ1) is 18.0. The first-order chi connectivity index (χ1) is 13.7. The summed E-state index contributed by atoms with van der Waals surface area (Å²) in [5.74, 6) is 1.42. The molecule has 6 heteroatoms. The summed E-state index contributed by atoms with van der Waals surface area (Å²) in [5.41, 5.74) is 8.17. The van der Waals surface area contributed by atoms with Gasteiger partial charge in [0.05, 0.1) is 0 Å². The van der Waals surface area contributed by atoms with Crippen LogP contribution in [0.5, 0.6) is 0 Å². The third-order valence-corrected chi connectivity index (χ3v) is 5.02. The van der Waals surface area contributed by atoms with Gasteiger partial charge in [0.25, 0.3) is 0 Å². The maximum atomic E-state index is 11.2. The minimum absolute atomic E-state index is 0.397. The number of nitrogens with zero attached hydrogens (tertiary/aromatic N) is 4. The molecule has 0 radical (unpaired) electrons. The lowest BCUT2D eigenvalue weighted by molar-refractivity contribution is 0.100. The van der Waals surface area contributed by atoms with Gasteiger partial charge in [-0.2, -0.15) is 0 Å². The molecule has 1 aliphatic rings. The van der Waals surface area contributed by atoms with Crippen molar-refractivity contribution in [3.63, 3.8) is 0 Å². The van der Waals surface area contributed by atoms with Gasteiger partial charge < -0.3 is 15.5 Å². The van der Waals surface area contributed by atoms with Gasteiger partial charge in [0.2, 0.25) is 5.91 Å². The SMILES string of the molecule is NC(=O)c1ccc(N2CCN(c3ccnc(Cc4ccccc4)n3)CC2)cc1. The molecular formula is C22H23N5O. The van der Waals surface area contributed by atoms with Crippen molar-refractivity contribution < 1.29 is 4.79 Å². The number of carbonyl (C=O) groups is 1. The van der Waals surface area contributed by atoms with Gasteiger partial charge in [0.15, 0.2) is 0 Å². The molecule has 4 rings (SSSR count). The van der Waals surface area contributed by atoms with Gasteiger partial charge >= 0.3 is 0 Å². The zero-order chi connectivity index (χ0) is 19.3. The summed E-state index contributed by atoms with van der Waals surface area (Å²) in [5, 5.41) is 0. The summed E-state index contributed by atoms with van der Waals surface area (Å²) in [6, 6.07) is 19.7. The van der Waals surface area contributed by atoms with Crippen molar-refractivity contribution in [2.45, 2.75) is 6.42 Å². The number of benzene rings is 2. The predicted molar refractivity (Wildman–Crippen MR) is 111 cm³/mol. The number of piperazine rings is 1. The number of hydrogen-bond acceptors (Lipinski definition) is 5. The molecule has 0 saturated carbocycles. The fraction of sp³-hybridized carbons (Fsp3) is 0.227. The maximum Gasteiger partial charge on any atom is 0.248 e. The first-order valence-corrected chi connectivity index (χ1v) is 9.45. The van der Waals surface area contributed by atoms with E-state index in [1.165, 1.54) is 5.56 Å². The monoisotopic (exact) mass is 373 g/mol. The molecule has 1 saturated heterocycles. The molecule has 0 spiro atoms. The van der Waals surface area contributed by atoms with Crippen LogP contribution in [0.1, 0.15) is 21.7 Å². The molecule has 0 atom stereocenters. The van der Waals surface area contributed by atoms with Gasteiger partial charge in [0, 0.05) is 50.0 Å². The van der Waals surface area contributed by atoms with Crippen molar-refractivity contribution in [3.05, 3.63) is 83.8 Å². The van der Waals surface area contributed by atoms with Gasteiger partial charge in [-0.1, -0.05) is 30.3 Å². The summed E-state index contributed by atoms with van der Waals surface area (Å²) in [6.07, 6.45) is 2.58. The van der Waals surface area contributed by atoms with E-state index in [0.717, 1.165) is 49.9 Å². The van der Waals surface area contributed by atoms with Gasteiger partial charge in [-0.3, -0.25) is 4.79 Å². The molecule has 6 nitrogen and oxygen atoms in total. The molecular weight excluding hydrogens is 350 g/mol. The third-order valence-electron chi connectivity index (χ3n) is 5.02. The van der Waals surface area contributed by atoms with E-state index in [2.05, 4.69) is 26.9 Å². The molecule has 1 aromatic heterocycles. The summed E-state index contributed by atoms with van der Waals surface area (Å²) in [7, 11) is 0. The van der Waals surface area contributed by atoms with Crippen molar-refractivity contribution in [1.29, 1.82) is 0 Å². The zero-order valence-electron chi connectivity index (χ0n) is 15.7. The Balaban J connectivity index is 1.39. The van der Waals surface area contributed by atoms with Crippen LogP contribution in [0.4, 0.5) is 11.5 Å². The van der Waals surface area contributed by atoms with Crippen molar-refractivity contribution in [1.82, 2.24) is 9.97 Å². The highest BCUT2D eigenvalue weighted by Gasteiger charge is 2.19. The fourth-order valence-corrected chi connectivity index (χ4v) is 3.46. The Hall–Kier alpha value is -3.41. The van der Waals surface area contributed by atoms with Crippen LogP contribution < -0.4 is 15.5 Å². The van der Waals surface area contributed by atoms with E-state index in [1.54, 1.807) is 12.1 Å². The summed E-state index contributed by atoms with van der Waals surface area (Å²) in [6.45, 7) is 3.57. The number of carbonyl (C=O) groups excluding carboxylic acids is 1. The number of amides is 1. The summed E-state index contributed by atoms with van der Waals surface area (Å²) < 4.78 is 0. The first-order valence-electron chi connectivity index (χ1n) is 9.45. The molecule has 0 aliphatic carbocycles. The number of hydrogen-bond donors (Lipinski definition) is 1. The predicted octanol–water partition coefficient (Wildman–Crippen LogP) is 2.49. The van der Waals surface area contributed by atoms with Gasteiger partial charge in [0.1, 0.15) is 11.6 Å². The quantitative estimate of drug-likeness (QED) is 0.744. The maximum absolute atomic E-state index is 11.2. The second-order valence-corrected chi connectivity index (χ2v) is 6.88. The Labute approximate surface area is 164 Å². The Morgan fingerprint density at radius 3 is 2.25 bits per heavy atom. The normalized spacial score (nSPS) is 14.1. The van der Waals surface area contributed by atoms with Gasteiger partial charge in [-0.25, -0.2) is 9.97 Å². The summed E-state index contributed by atoms with van der Waals surface area (Å²) >= 11 is 0. The third kappa shape index (κ3) is 4.11. The van der Waals surface area contributed by atoms with Crippen LogP contribution in [0.2, 0.25) is 0 Å². The number of nitrogens with two attached hydrogens (primary N) is 1. The van der Waals surface area contributed by atoms with Crippen LogP contribution in [0, 0.1) is 0 Å². The number of anilines is 2. The molecule has 1 fully saturated rings. The Kier molecular flexibility index (Phi) is 5.19. The van der Waals surface area contributed by atoms with Gasteiger partial charge in [-0.05, 0) is 35.9 Å². The minimum atomic E-state index is -0.397. The molecule has 142 valence electrons. The molecule has 2 heterocycles. The van der Waals surface area contributed by atoms with E-state index in [0.29, 0.717) is 5.56 Å². The Morgan fingerprint density at radius 1 is 0.893 bits per heavy atom. The highest BCUT2D eigenvalue weighted by atomic mass is 16.1. The summed E-state index contributed by atoms with van der Waals surface area (Å²) in [4.78, 5) is 25.0. The number of rotatable bonds is 5. The van der Waals surface area contributed by atoms with Crippen LogP contribution in [-0.2, 0) is 6.42 Å². The Bertz CT molecular complexity index is 935. The zero-order valence-corrected chi connectivity index (χ0v) is 15.7. The second-order valence-electron chi connectivity index (χ2n) is 6.88. The smallest absolute Gasteiger partial charge is 0.248 e. The molecule has 0 unspecified atom stereocenters. The van der Waals surface area contributed by atoms with Crippen molar-refractivity contribution in [3.8, 4) is 0 Å². The topological polar surface area (TPSA) is 75.4 Å². The van der Waals surface area contributed by atoms with E-state index in [-0.39, 0.29) is 0 Å². The van der Waals surface area contributed by atoms with Crippen LogP contribution in [0.3, 0.4) is 0 Å². The number of aromatic nitrogens is 2. The van der Waals surface area contributed by atoms with Crippen molar-refractivity contribution in [2.75, 3.05) is 36.0 Å². The second kappa shape index (κ2) is 8.08. The minimum Gasteiger partial charge on any atom is -0.368 e. The molecule has 0 bridgehead atoms. The van der Waals surface area contributed by atoms with Gasteiger partial charge in [-0.15, -0.1) is 0 Å². The number of primary amides is 1. The van der Waals surface area contributed by atoms with Crippen LogP contribution >= 0.6 is 0 Å². The molecule has 2 N–H and O–H groups in total. The molecule has 2 aromatic carbocycles. The molecule has 1 amide bonds. The van der Waals surface area contributed by atoms with Crippen LogP contribution in [0.15, 0.2) is 66.9 Å². The standard InChI is InChI=1S/C22H23N5O/c23-22(28)18-6-8-19(9-7-18)26-12-14-27(15-13-26)21-10-11-24-20(25-21)16-17-4-2-1-3-5-17/h1-11H,12-16H2,(H2,23,28). The van der Waals surface area contributed by atoms with Crippen LogP contribution in [0.25, 0.3) is 0 Å². The average Bonchev–Trinajstić information content (AvgIpc) is 2.75. The average molecular weight is 373 g/mol. The Morgan fingerprint density at radius 2 is 1.57 bits per heavy atom. The van der Waals surface area contributed by atoms with Crippen molar-refractivity contribution in [2.24, 2.45) is 5.73 Å².